The molecule has 1 heterocycles. The highest BCUT2D eigenvalue weighted by atomic mass is 79.9. The van der Waals surface area contributed by atoms with Crippen molar-refractivity contribution in [2.45, 2.75) is 57.4 Å². The van der Waals surface area contributed by atoms with E-state index in [-0.39, 0.29) is 11.5 Å². The first-order valence-corrected chi connectivity index (χ1v) is 8.64. The molecule has 1 unspecified atom stereocenters. The Balaban J connectivity index is 2.21. The predicted molar refractivity (Wildman–Crippen MR) is 88.4 cm³/mol. The lowest BCUT2D eigenvalue weighted by Gasteiger charge is -2.28. The second-order valence-electron chi connectivity index (χ2n) is 6.63. The van der Waals surface area contributed by atoms with Crippen molar-refractivity contribution in [3.05, 3.63) is 21.7 Å². The van der Waals surface area contributed by atoms with Gasteiger partial charge in [0.25, 0.3) is 0 Å². The lowest BCUT2D eigenvalue weighted by Crippen LogP contribution is -2.32. The molecule has 1 aromatic rings. The van der Waals surface area contributed by atoms with Crippen molar-refractivity contribution in [1.82, 2.24) is 0 Å². The van der Waals surface area contributed by atoms with Gasteiger partial charge in [-0.1, -0.05) is 13.8 Å². The van der Waals surface area contributed by atoms with Gasteiger partial charge in [-0.2, -0.15) is 0 Å². The molecule has 1 aliphatic heterocycles. The van der Waals surface area contributed by atoms with Crippen LogP contribution in [0.1, 0.15) is 57.1 Å². The summed E-state index contributed by atoms with van der Waals surface area (Å²) in [6.07, 6.45) is 3.25. The van der Waals surface area contributed by atoms with Gasteiger partial charge in [0.2, 0.25) is 0 Å². The van der Waals surface area contributed by atoms with Gasteiger partial charge in [0, 0.05) is 23.4 Å². The molecule has 0 spiro atoms. The molecule has 0 amide bonds. The Hall–Kier alpha value is -0.740. The van der Waals surface area contributed by atoms with E-state index in [1.807, 2.05) is 0 Å². The minimum Gasteiger partial charge on any atom is -0.489 e. The Morgan fingerprint density at radius 3 is 2.29 bits per heavy atom. The molecule has 1 fully saturated rings. The number of fused-ring (bicyclic) bond motifs is 1. The van der Waals surface area contributed by atoms with Crippen LogP contribution in [0.15, 0.2) is 10.5 Å². The third-order valence-electron chi connectivity index (χ3n) is 4.78. The van der Waals surface area contributed by atoms with E-state index in [2.05, 4.69) is 42.8 Å². The van der Waals surface area contributed by atoms with Gasteiger partial charge in [0.05, 0.1) is 17.7 Å². The fourth-order valence-electron chi connectivity index (χ4n) is 3.40. The highest BCUT2D eigenvalue weighted by Crippen LogP contribution is 2.56. The molecular weight excluding hydrogens is 330 g/mol. The molecular formula is C17H24BrNO2. The minimum atomic E-state index is 0.118. The number of ether oxygens (including phenoxy) is 2. The van der Waals surface area contributed by atoms with Gasteiger partial charge in [-0.05, 0) is 53.2 Å². The van der Waals surface area contributed by atoms with E-state index in [0.29, 0.717) is 19.1 Å². The van der Waals surface area contributed by atoms with Crippen LogP contribution in [0.25, 0.3) is 0 Å². The van der Waals surface area contributed by atoms with E-state index in [1.54, 1.807) is 0 Å². The maximum Gasteiger partial charge on any atom is 0.175 e. The van der Waals surface area contributed by atoms with Crippen molar-refractivity contribution in [2.75, 3.05) is 13.2 Å². The number of benzene rings is 1. The summed E-state index contributed by atoms with van der Waals surface area (Å²) in [5, 5.41) is 0. The SMILES string of the molecule is CC(C)c1c(C2(C(C)N)CC2)cc(Br)c2c1OCCCO2. The van der Waals surface area contributed by atoms with E-state index < -0.39 is 0 Å². The average molecular weight is 354 g/mol. The van der Waals surface area contributed by atoms with Crippen molar-refractivity contribution in [2.24, 2.45) is 5.73 Å². The van der Waals surface area contributed by atoms with E-state index in [4.69, 9.17) is 15.2 Å². The van der Waals surface area contributed by atoms with Crippen LogP contribution in [0.5, 0.6) is 11.5 Å². The molecule has 2 N–H and O–H groups in total. The monoisotopic (exact) mass is 353 g/mol. The molecule has 116 valence electrons. The standard InChI is InChI=1S/C17H24BrNO2/c1-10(2)14-12(17(5-6-17)11(3)19)9-13(18)15-16(14)21-8-4-7-20-15/h9-11H,4-8,19H2,1-3H3. The lowest BCUT2D eigenvalue weighted by molar-refractivity contribution is 0.295. The van der Waals surface area contributed by atoms with Gasteiger partial charge in [-0.25, -0.2) is 0 Å². The summed E-state index contributed by atoms with van der Waals surface area (Å²) in [4.78, 5) is 0. The summed E-state index contributed by atoms with van der Waals surface area (Å²) >= 11 is 3.67. The molecule has 1 saturated carbocycles. The number of hydrogen-bond acceptors (Lipinski definition) is 3. The van der Waals surface area contributed by atoms with Crippen LogP contribution in [0, 0.1) is 0 Å². The van der Waals surface area contributed by atoms with Gasteiger partial charge >= 0.3 is 0 Å². The zero-order chi connectivity index (χ0) is 15.2. The van der Waals surface area contributed by atoms with E-state index in [0.717, 1.165) is 35.2 Å². The maximum absolute atomic E-state index is 6.30. The molecule has 0 saturated heterocycles. The van der Waals surface area contributed by atoms with Crippen LogP contribution in [-0.4, -0.2) is 19.3 Å². The predicted octanol–water partition coefficient (Wildman–Crippen LogP) is 4.11. The Labute approximate surface area is 135 Å². The zero-order valence-electron chi connectivity index (χ0n) is 13.0. The van der Waals surface area contributed by atoms with Crippen molar-refractivity contribution in [3.8, 4) is 11.5 Å². The van der Waals surface area contributed by atoms with Crippen molar-refractivity contribution >= 4 is 15.9 Å². The molecule has 0 radical (unpaired) electrons. The molecule has 3 nitrogen and oxygen atoms in total. The zero-order valence-corrected chi connectivity index (χ0v) is 14.6. The summed E-state index contributed by atoms with van der Waals surface area (Å²) in [5.41, 5.74) is 9.05. The first kappa shape index (κ1) is 15.2. The van der Waals surface area contributed by atoms with Crippen LogP contribution in [0.2, 0.25) is 0 Å². The van der Waals surface area contributed by atoms with E-state index in [9.17, 15) is 0 Å². The van der Waals surface area contributed by atoms with Crippen LogP contribution < -0.4 is 15.2 Å². The van der Waals surface area contributed by atoms with Crippen LogP contribution >= 0.6 is 15.9 Å². The maximum atomic E-state index is 6.30. The lowest BCUT2D eigenvalue weighted by atomic mass is 9.82. The highest BCUT2D eigenvalue weighted by Gasteiger charge is 2.50. The van der Waals surface area contributed by atoms with Crippen molar-refractivity contribution in [3.63, 3.8) is 0 Å². The second-order valence-corrected chi connectivity index (χ2v) is 7.48. The third-order valence-corrected chi connectivity index (χ3v) is 5.37. The van der Waals surface area contributed by atoms with E-state index >= 15 is 0 Å². The van der Waals surface area contributed by atoms with Gasteiger partial charge in [-0.3, -0.25) is 0 Å². The first-order chi connectivity index (χ1) is 9.97. The summed E-state index contributed by atoms with van der Waals surface area (Å²) in [5.74, 6) is 2.18. The molecule has 4 heteroatoms. The number of halogens is 1. The Morgan fingerprint density at radius 2 is 1.76 bits per heavy atom. The number of rotatable bonds is 3. The molecule has 1 atom stereocenters. The molecule has 3 rings (SSSR count). The second kappa shape index (κ2) is 5.47. The Kier molecular flexibility index (Phi) is 3.95. The summed E-state index contributed by atoms with van der Waals surface area (Å²) in [7, 11) is 0. The largest absolute Gasteiger partial charge is 0.489 e. The van der Waals surface area contributed by atoms with Crippen LogP contribution in [-0.2, 0) is 5.41 Å². The first-order valence-electron chi connectivity index (χ1n) is 7.85. The molecule has 0 aromatic heterocycles. The summed E-state index contributed by atoms with van der Waals surface area (Å²) in [6.45, 7) is 7.99. The van der Waals surface area contributed by atoms with Gasteiger partial charge in [-0.15, -0.1) is 0 Å². The molecule has 2 aliphatic rings. The number of nitrogens with two attached hydrogens (primary N) is 1. The average Bonchev–Trinajstić information content (AvgIpc) is 3.22. The molecule has 1 aromatic carbocycles. The summed E-state index contributed by atoms with van der Waals surface area (Å²) < 4.78 is 13.0. The Bertz CT molecular complexity index is 550. The molecule has 1 aliphatic carbocycles. The van der Waals surface area contributed by atoms with Crippen molar-refractivity contribution < 1.29 is 9.47 Å². The van der Waals surface area contributed by atoms with Gasteiger partial charge in [0.1, 0.15) is 0 Å². The van der Waals surface area contributed by atoms with Gasteiger partial charge in [0.15, 0.2) is 11.5 Å². The quantitative estimate of drug-likeness (QED) is 0.888. The summed E-state index contributed by atoms with van der Waals surface area (Å²) in [6, 6.07) is 2.38. The Morgan fingerprint density at radius 1 is 1.14 bits per heavy atom. The third kappa shape index (κ3) is 2.46. The fourth-order valence-corrected chi connectivity index (χ4v) is 3.92. The normalized spacial score (nSPS) is 21.0. The smallest absolute Gasteiger partial charge is 0.175 e. The number of hydrogen-bond donors (Lipinski definition) is 1. The minimum absolute atomic E-state index is 0.118. The van der Waals surface area contributed by atoms with Crippen molar-refractivity contribution in [1.29, 1.82) is 0 Å². The van der Waals surface area contributed by atoms with E-state index in [1.165, 1.54) is 11.1 Å². The highest BCUT2D eigenvalue weighted by molar-refractivity contribution is 9.10. The fraction of sp³-hybridized carbons (Fsp3) is 0.647. The molecule has 21 heavy (non-hydrogen) atoms. The van der Waals surface area contributed by atoms with Crippen LogP contribution in [0.3, 0.4) is 0 Å². The molecule has 0 bridgehead atoms. The van der Waals surface area contributed by atoms with Crippen LogP contribution in [0.4, 0.5) is 0 Å². The topological polar surface area (TPSA) is 44.5 Å². The van der Waals surface area contributed by atoms with Gasteiger partial charge < -0.3 is 15.2 Å².